The summed E-state index contributed by atoms with van der Waals surface area (Å²) in [4.78, 5) is 1.10. The Bertz CT molecular complexity index is 563. The Morgan fingerprint density at radius 3 is 2.70 bits per heavy atom. The lowest BCUT2D eigenvalue weighted by Gasteiger charge is -2.21. The van der Waals surface area contributed by atoms with Crippen molar-refractivity contribution >= 4 is 11.5 Å². The van der Waals surface area contributed by atoms with Gasteiger partial charge in [-0.3, -0.25) is 4.68 Å². The van der Waals surface area contributed by atoms with Gasteiger partial charge in [-0.15, -0.1) is 5.10 Å². The summed E-state index contributed by atoms with van der Waals surface area (Å²) in [5, 5.41) is 12.1. The Balaban J connectivity index is 2.54. The summed E-state index contributed by atoms with van der Waals surface area (Å²) in [6, 6.07) is 0.260. The number of aromatic nitrogens is 4. The molecule has 0 aliphatic rings. The van der Waals surface area contributed by atoms with Gasteiger partial charge < -0.3 is 10.1 Å². The Morgan fingerprint density at radius 1 is 1.45 bits per heavy atom. The highest BCUT2D eigenvalue weighted by molar-refractivity contribution is 7.05. The van der Waals surface area contributed by atoms with E-state index in [1.165, 1.54) is 11.5 Å². The van der Waals surface area contributed by atoms with E-state index in [2.05, 4.69) is 40.8 Å². The van der Waals surface area contributed by atoms with Gasteiger partial charge in [0.1, 0.15) is 5.69 Å². The van der Waals surface area contributed by atoms with Crippen molar-refractivity contribution in [3.8, 4) is 5.75 Å². The molecule has 1 atom stereocenters. The molecular weight excluding hydrogens is 274 g/mol. The van der Waals surface area contributed by atoms with Crippen molar-refractivity contribution in [3.63, 3.8) is 0 Å². The lowest BCUT2D eigenvalue weighted by Crippen LogP contribution is -2.26. The zero-order chi connectivity index (χ0) is 14.7. The highest BCUT2D eigenvalue weighted by Crippen LogP contribution is 2.34. The van der Waals surface area contributed by atoms with Crippen LogP contribution in [-0.4, -0.2) is 33.0 Å². The maximum Gasteiger partial charge on any atom is 0.161 e. The van der Waals surface area contributed by atoms with Gasteiger partial charge in [-0.2, -0.15) is 5.10 Å². The molecule has 2 aromatic heterocycles. The largest absolute Gasteiger partial charge is 0.493 e. The predicted octanol–water partition coefficient (Wildman–Crippen LogP) is 2.33. The molecule has 0 radical (unpaired) electrons. The molecule has 0 aliphatic heterocycles. The maximum absolute atomic E-state index is 5.48. The van der Waals surface area contributed by atoms with Gasteiger partial charge in [-0.25, -0.2) is 0 Å². The van der Waals surface area contributed by atoms with Crippen molar-refractivity contribution in [2.75, 3.05) is 13.7 Å². The molecule has 110 valence electrons. The highest BCUT2D eigenvalue weighted by Gasteiger charge is 2.27. The summed E-state index contributed by atoms with van der Waals surface area (Å²) in [5.41, 5.74) is 1.97. The van der Waals surface area contributed by atoms with Gasteiger partial charge in [0.2, 0.25) is 0 Å². The first-order valence-corrected chi connectivity index (χ1v) is 7.51. The average Bonchev–Trinajstić information content (AvgIpc) is 3.02. The first-order valence-electron chi connectivity index (χ1n) is 6.73. The molecule has 20 heavy (non-hydrogen) atoms. The number of hydrogen-bond acceptors (Lipinski definition) is 6. The van der Waals surface area contributed by atoms with Crippen LogP contribution in [0, 0.1) is 6.92 Å². The fraction of sp³-hybridized carbons (Fsp3) is 0.615. The van der Waals surface area contributed by atoms with Crippen LogP contribution in [0.3, 0.4) is 0 Å². The van der Waals surface area contributed by atoms with Gasteiger partial charge in [0.05, 0.1) is 29.9 Å². The minimum absolute atomic E-state index is 0.000139. The van der Waals surface area contributed by atoms with Crippen LogP contribution in [0.2, 0.25) is 0 Å². The standard InChI is InChI=1S/C13H21N5OS/c1-6-14-11(13-9(4)16-17-20-13)12-10(19-5)7-15-18(12)8(2)3/h7-8,11,14H,6H2,1-5H3. The average molecular weight is 295 g/mol. The van der Waals surface area contributed by atoms with Crippen molar-refractivity contribution in [1.82, 2.24) is 24.7 Å². The molecule has 6 nitrogen and oxygen atoms in total. The van der Waals surface area contributed by atoms with E-state index in [0.29, 0.717) is 0 Å². The summed E-state index contributed by atoms with van der Waals surface area (Å²) in [5.74, 6) is 0.789. The Morgan fingerprint density at radius 2 is 2.20 bits per heavy atom. The van der Waals surface area contributed by atoms with E-state index in [9.17, 15) is 0 Å². The molecule has 2 aromatic rings. The number of nitrogens with zero attached hydrogens (tertiary/aromatic N) is 4. The maximum atomic E-state index is 5.48. The smallest absolute Gasteiger partial charge is 0.161 e. The third kappa shape index (κ3) is 2.69. The lowest BCUT2D eigenvalue weighted by atomic mass is 10.1. The van der Waals surface area contributed by atoms with Crippen molar-refractivity contribution in [3.05, 3.63) is 22.5 Å². The van der Waals surface area contributed by atoms with Crippen LogP contribution in [0.25, 0.3) is 0 Å². The quantitative estimate of drug-likeness (QED) is 0.886. The first-order chi connectivity index (χ1) is 9.60. The third-order valence-corrected chi connectivity index (χ3v) is 4.03. The normalized spacial score (nSPS) is 12.9. The van der Waals surface area contributed by atoms with Crippen LogP contribution in [0.4, 0.5) is 0 Å². The van der Waals surface area contributed by atoms with E-state index in [1.54, 1.807) is 13.3 Å². The van der Waals surface area contributed by atoms with Crippen LogP contribution in [-0.2, 0) is 0 Å². The fourth-order valence-electron chi connectivity index (χ4n) is 2.22. The molecule has 1 N–H and O–H groups in total. The van der Waals surface area contributed by atoms with Gasteiger partial charge in [-0.05, 0) is 38.8 Å². The minimum Gasteiger partial charge on any atom is -0.493 e. The second-order valence-electron chi connectivity index (χ2n) is 4.85. The number of hydrogen-bond donors (Lipinski definition) is 1. The Hall–Kier alpha value is -1.47. The SMILES string of the molecule is CCNC(c1snnc1C)c1c(OC)cnn1C(C)C. The van der Waals surface area contributed by atoms with Gasteiger partial charge in [0, 0.05) is 6.04 Å². The number of aryl methyl sites for hydroxylation is 1. The van der Waals surface area contributed by atoms with Crippen LogP contribution in [0.1, 0.15) is 49.1 Å². The second kappa shape index (κ2) is 6.32. The van der Waals surface area contributed by atoms with E-state index in [4.69, 9.17) is 4.74 Å². The van der Waals surface area contributed by atoms with Crippen LogP contribution in [0.5, 0.6) is 5.75 Å². The van der Waals surface area contributed by atoms with Gasteiger partial charge in [0.25, 0.3) is 0 Å². The van der Waals surface area contributed by atoms with Crippen LogP contribution >= 0.6 is 11.5 Å². The Kier molecular flexibility index (Phi) is 4.72. The summed E-state index contributed by atoms with van der Waals surface area (Å²) < 4.78 is 11.5. The topological polar surface area (TPSA) is 64.9 Å². The van der Waals surface area contributed by atoms with E-state index >= 15 is 0 Å². The van der Waals surface area contributed by atoms with Crippen LogP contribution in [0.15, 0.2) is 6.20 Å². The molecule has 0 fully saturated rings. The first kappa shape index (κ1) is 14.9. The molecule has 0 bridgehead atoms. The van der Waals surface area contributed by atoms with Crippen molar-refractivity contribution in [1.29, 1.82) is 0 Å². The van der Waals surface area contributed by atoms with E-state index in [0.717, 1.165) is 28.6 Å². The van der Waals surface area contributed by atoms with E-state index in [-0.39, 0.29) is 12.1 Å². The van der Waals surface area contributed by atoms with E-state index < -0.39 is 0 Å². The molecule has 0 amide bonds. The molecule has 1 unspecified atom stereocenters. The predicted molar refractivity (Wildman–Crippen MR) is 79.3 cm³/mol. The van der Waals surface area contributed by atoms with Crippen molar-refractivity contribution < 1.29 is 4.74 Å². The van der Waals surface area contributed by atoms with Gasteiger partial charge >= 0.3 is 0 Å². The summed E-state index contributed by atoms with van der Waals surface area (Å²) in [6.45, 7) is 9.12. The lowest BCUT2D eigenvalue weighted by molar-refractivity contribution is 0.394. The van der Waals surface area contributed by atoms with Gasteiger partial charge in [-0.1, -0.05) is 11.4 Å². The molecule has 0 aromatic carbocycles. The number of ether oxygens (including phenoxy) is 1. The molecule has 0 saturated heterocycles. The molecule has 0 saturated carbocycles. The second-order valence-corrected chi connectivity index (χ2v) is 5.64. The van der Waals surface area contributed by atoms with E-state index in [1.807, 2.05) is 11.6 Å². The Labute approximate surface area is 123 Å². The molecule has 2 rings (SSSR count). The highest BCUT2D eigenvalue weighted by atomic mass is 32.1. The molecule has 0 aliphatic carbocycles. The molecule has 2 heterocycles. The summed E-state index contributed by atoms with van der Waals surface area (Å²) in [6.07, 6.45) is 1.77. The van der Waals surface area contributed by atoms with Crippen molar-refractivity contribution in [2.24, 2.45) is 0 Å². The minimum atomic E-state index is -0.000139. The van der Waals surface area contributed by atoms with Gasteiger partial charge in [0.15, 0.2) is 5.75 Å². The third-order valence-electron chi connectivity index (χ3n) is 3.14. The van der Waals surface area contributed by atoms with Crippen molar-refractivity contribution in [2.45, 2.75) is 39.8 Å². The molecule has 0 spiro atoms. The molecule has 7 heteroatoms. The summed E-state index contributed by atoms with van der Waals surface area (Å²) >= 11 is 1.42. The number of nitrogens with one attached hydrogen (secondary N) is 1. The molecular formula is C13H21N5OS. The fourth-order valence-corrected chi connectivity index (χ4v) is 2.94. The van der Waals surface area contributed by atoms with Crippen LogP contribution < -0.4 is 10.1 Å². The number of rotatable bonds is 6. The zero-order valence-corrected chi connectivity index (χ0v) is 13.4. The zero-order valence-electron chi connectivity index (χ0n) is 12.5. The number of methoxy groups -OCH3 is 1. The summed E-state index contributed by atoms with van der Waals surface area (Å²) in [7, 11) is 1.67. The monoisotopic (exact) mass is 295 g/mol.